The summed E-state index contributed by atoms with van der Waals surface area (Å²) in [4.78, 5) is 25.0. The van der Waals surface area contributed by atoms with Crippen LogP contribution in [0.5, 0.6) is 0 Å². The fourth-order valence-corrected chi connectivity index (χ4v) is 3.05. The molecule has 0 amide bonds. The van der Waals surface area contributed by atoms with Crippen molar-refractivity contribution in [2.75, 3.05) is 31.2 Å². The lowest BCUT2D eigenvalue weighted by Gasteiger charge is -2.17. The molecule has 0 aromatic heterocycles. The first kappa shape index (κ1) is 15.7. The number of ether oxygens (including phenoxy) is 2. The molecule has 0 spiro atoms. The smallest absolute Gasteiger partial charge is 0.338 e. The van der Waals surface area contributed by atoms with E-state index in [-0.39, 0.29) is 24.0 Å². The van der Waals surface area contributed by atoms with Gasteiger partial charge in [0.2, 0.25) is 0 Å². The van der Waals surface area contributed by atoms with Gasteiger partial charge in [0.15, 0.2) is 0 Å². The third-order valence-electron chi connectivity index (χ3n) is 4.28. The number of esters is 1. The number of anilines is 1. The van der Waals surface area contributed by atoms with Gasteiger partial charge in [-0.25, -0.2) is 4.79 Å². The molecule has 124 valence electrons. The Morgan fingerprint density at radius 2 is 2.13 bits per heavy atom. The van der Waals surface area contributed by atoms with Crippen LogP contribution in [-0.2, 0) is 9.47 Å². The Morgan fingerprint density at radius 3 is 2.78 bits per heavy atom. The van der Waals surface area contributed by atoms with Crippen LogP contribution in [0.3, 0.4) is 0 Å². The second-order valence-corrected chi connectivity index (χ2v) is 5.89. The number of hydrogen-bond acceptors (Lipinski definition) is 6. The van der Waals surface area contributed by atoms with E-state index >= 15 is 0 Å². The number of carbonyl (C=O) groups is 1. The van der Waals surface area contributed by atoms with E-state index in [1.165, 1.54) is 6.07 Å². The first-order valence-corrected chi connectivity index (χ1v) is 7.97. The van der Waals surface area contributed by atoms with Crippen LogP contribution in [0, 0.1) is 10.1 Å². The molecule has 2 heterocycles. The first-order chi connectivity index (χ1) is 11.1. The Kier molecular flexibility index (Phi) is 4.76. The maximum absolute atomic E-state index is 12.1. The number of nitro groups is 1. The zero-order valence-corrected chi connectivity index (χ0v) is 12.9. The largest absolute Gasteiger partial charge is 0.459 e. The minimum Gasteiger partial charge on any atom is -0.459 e. The minimum absolute atomic E-state index is 0.0431. The van der Waals surface area contributed by atoms with Crippen molar-refractivity contribution in [2.45, 2.75) is 31.8 Å². The molecule has 1 aromatic carbocycles. The van der Waals surface area contributed by atoms with Crippen molar-refractivity contribution in [3.63, 3.8) is 0 Å². The molecule has 1 aromatic rings. The van der Waals surface area contributed by atoms with Gasteiger partial charge in [0.25, 0.3) is 5.69 Å². The minimum atomic E-state index is -0.545. The van der Waals surface area contributed by atoms with E-state index in [9.17, 15) is 14.9 Å². The summed E-state index contributed by atoms with van der Waals surface area (Å²) < 4.78 is 10.6. The van der Waals surface area contributed by atoms with Crippen LogP contribution in [-0.4, -0.2) is 43.3 Å². The van der Waals surface area contributed by atoms with Crippen molar-refractivity contribution in [3.05, 3.63) is 33.9 Å². The topological polar surface area (TPSA) is 81.9 Å². The molecule has 2 aliphatic rings. The van der Waals surface area contributed by atoms with Crippen molar-refractivity contribution in [1.82, 2.24) is 0 Å². The van der Waals surface area contributed by atoms with Crippen molar-refractivity contribution in [2.24, 2.45) is 0 Å². The highest BCUT2D eigenvalue weighted by atomic mass is 16.6. The van der Waals surface area contributed by atoms with Gasteiger partial charge >= 0.3 is 5.97 Å². The molecule has 23 heavy (non-hydrogen) atoms. The molecule has 7 nitrogen and oxygen atoms in total. The number of hydrogen-bond donors (Lipinski definition) is 0. The number of rotatable bonds is 5. The van der Waals surface area contributed by atoms with Gasteiger partial charge in [-0.1, -0.05) is 0 Å². The van der Waals surface area contributed by atoms with Crippen LogP contribution < -0.4 is 4.90 Å². The van der Waals surface area contributed by atoms with Gasteiger partial charge in [-0.15, -0.1) is 0 Å². The highest BCUT2D eigenvalue weighted by Crippen LogP contribution is 2.31. The Labute approximate surface area is 134 Å². The van der Waals surface area contributed by atoms with Gasteiger partial charge in [0, 0.05) is 25.8 Å². The van der Waals surface area contributed by atoms with Crippen LogP contribution in [0.15, 0.2) is 18.2 Å². The number of nitrogens with zero attached hydrogens (tertiary/aromatic N) is 2. The zero-order valence-electron chi connectivity index (χ0n) is 12.9. The molecular weight excluding hydrogens is 300 g/mol. The Morgan fingerprint density at radius 1 is 1.35 bits per heavy atom. The number of carbonyl (C=O) groups excluding carboxylic acids is 1. The van der Waals surface area contributed by atoms with Crippen LogP contribution in [0.1, 0.15) is 36.0 Å². The molecule has 0 bridgehead atoms. The van der Waals surface area contributed by atoms with E-state index in [1.807, 2.05) is 4.90 Å². The summed E-state index contributed by atoms with van der Waals surface area (Å²) in [5.41, 5.74) is 0.735. The second kappa shape index (κ2) is 6.95. The summed E-state index contributed by atoms with van der Waals surface area (Å²) in [6.45, 7) is 2.51. The van der Waals surface area contributed by atoms with Crippen LogP contribution in [0.25, 0.3) is 0 Å². The fourth-order valence-electron chi connectivity index (χ4n) is 3.05. The molecule has 2 aliphatic heterocycles. The molecule has 7 heteroatoms. The summed E-state index contributed by atoms with van der Waals surface area (Å²) in [7, 11) is 0. The van der Waals surface area contributed by atoms with E-state index < -0.39 is 10.9 Å². The van der Waals surface area contributed by atoms with Crippen molar-refractivity contribution < 1.29 is 19.2 Å². The molecule has 3 rings (SSSR count). The maximum atomic E-state index is 12.1. The van der Waals surface area contributed by atoms with Crippen molar-refractivity contribution in [1.29, 1.82) is 0 Å². The molecule has 0 N–H and O–H groups in total. The van der Waals surface area contributed by atoms with Gasteiger partial charge < -0.3 is 14.4 Å². The lowest BCUT2D eigenvalue weighted by molar-refractivity contribution is -0.384. The molecule has 2 saturated heterocycles. The number of benzene rings is 1. The van der Waals surface area contributed by atoms with Crippen LogP contribution in [0.4, 0.5) is 11.4 Å². The fraction of sp³-hybridized carbons (Fsp3) is 0.562. The van der Waals surface area contributed by atoms with Gasteiger partial charge in [0.1, 0.15) is 12.3 Å². The molecule has 0 radical (unpaired) electrons. The Hall–Kier alpha value is -2.15. The molecule has 0 unspecified atom stereocenters. The van der Waals surface area contributed by atoms with Gasteiger partial charge in [0.05, 0.1) is 16.6 Å². The van der Waals surface area contributed by atoms with Crippen molar-refractivity contribution >= 4 is 17.3 Å². The average Bonchev–Trinajstić information content (AvgIpc) is 3.25. The van der Waals surface area contributed by atoms with E-state index in [1.54, 1.807) is 12.1 Å². The average molecular weight is 320 g/mol. The van der Waals surface area contributed by atoms with Gasteiger partial charge in [-0.3, -0.25) is 10.1 Å². The van der Waals surface area contributed by atoms with Crippen LogP contribution in [0.2, 0.25) is 0 Å². The third-order valence-corrected chi connectivity index (χ3v) is 4.28. The third kappa shape index (κ3) is 3.61. The summed E-state index contributed by atoms with van der Waals surface area (Å²) in [6.07, 6.45) is 3.85. The summed E-state index contributed by atoms with van der Waals surface area (Å²) >= 11 is 0. The van der Waals surface area contributed by atoms with E-state index in [0.717, 1.165) is 38.8 Å². The van der Waals surface area contributed by atoms with E-state index in [4.69, 9.17) is 9.47 Å². The van der Waals surface area contributed by atoms with Crippen molar-refractivity contribution in [3.8, 4) is 0 Å². The van der Waals surface area contributed by atoms with E-state index in [2.05, 4.69) is 0 Å². The van der Waals surface area contributed by atoms with Crippen LogP contribution >= 0.6 is 0 Å². The molecule has 2 fully saturated rings. The quantitative estimate of drug-likeness (QED) is 0.471. The summed E-state index contributed by atoms with van der Waals surface area (Å²) in [5.74, 6) is -0.545. The molecular formula is C16H20N2O5. The lowest BCUT2D eigenvalue weighted by Crippen LogP contribution is -2.20. The predicted octanol–water partition coefficient (Wildman–Crippen LogP) is 2.53. The normalized spacial score (nSPS) is 20.7. The monoisotopic (exact) mass is 320 g/mol. The maximum Gasteiger partial charge on any atom is 0.338 e. The highest BCUT2D eigenvalue weighted by molar-refractivity contribution is 5.91. The first-order valence-electron chi connectivity index (χ1n) is 7.97. The molecule has 1 atom stereocenters. The molecule has 0 saturated carbocycles. The number of nitro benzene ring substituents is 1. The Bertz CT molecular complexity index is 592. The molecule has 0 aliphatic carbocycles. The zero-order chi connectivity index (χ0) is 16.2. The SMILES string of the molecule is O=C(OC[C@H]1CCCO1)c1ccc(N2CCCC2)c([N+](=O)[O-])c1. The second-order valence-electron chi connectivity index (χ2n) is 5.89. The van der Waals surface area contributed by atoms with Gasteiger partial charge in [-0.2, -0.15) is 0 Å². The highest BCUT2D eigenvalue weighted by Gasteiger charge is 2.25. The summed E-state index contributed by atoms with van der Waals surface area (Å²) in [5, 5.41) is 11.3. The van der Waals surface area contributed by atoms with E-state index in [0.29, 0.717) is 12.3 Å². The lowest BCUT2D eigenvalue weighted by atomic mass is 10.1. The van der Waals surface area contributed by atoms with Gasteiger partial charge in [-0.05, 0) is 37.8 Å². The standard InChI is InChI=1S/C16H20N2O5/c19-16(23-11-13-4-3-9-22-13)12-5-6-14(15(10-12)18(20)21)17-7-1-2-8-17/h5-6,10,13H,1-4,7-9,11H2/t13-/m1/s1. The predicted molar refractivity (Wildman–Crippen MR) is 83.8 cm³/mol. The summed E-state index contributed by atoms with van der Waals surface area (Å²) in [6, 6.07) is 4.55. The Balaban J connectivity index is 1.72.